The van der Waals surface area contributed by atoms with E-state index >= 15 is 0 Å². The molecule has 9 heteroatoms. The first-order valence-corrected chi connectivity index (χ1v) is 4.25. The highest BCUT2D eigenvalue weighted by molar-refractivity contribution is 5.52. The zero-order valence-electron chi connectivity index (χ0n) is 8.35. The molecule has 0 amide bonds. The molecule has 1 rings (SSSR count). The van der Waals surface area contributed by atoms with Crippen LogP contribution in [0, 0.1) is 10.1 Å². The van der Waals surface area contributed by atoms with Crippen LogP contribution in [0.3, 0.4) is 0 Å². The summed E-state index contributed by atoms with van der Waals surface area (Å²) in [5, 5.41) is 21.0. The highest BCUT2D eigenvalue weighted by Gasteiger charge is 2.30. The van der Waals surface area contributed by atoms with Crippen LogP contribution in [0.2, 0.25) is 0 Å². The molecule has 0 aromatic carbocycles. The van der Waals surface area contributed by atoms with E-state index in [4.69, 9.17) is 5.11 Å². The van der Waals surface area contributed by atoms with Crippen molar-refractivity contribution < 1.29 is 18.8 Å². The molecule has 1 heterocycles. The van der Waals surface area contributed by atoms with Gasteiger partial charge in [0.15, 0.2) is 0 Å². The minimum Gasteiger partial charge on any atom is -0.390 e. The van der Waals surface area contributed by atoms with Crippen molar-refractivity contribution in [2.24, 2.45) is 7.05 Å². The van der Waals surface area contributed by atoms with Crippen LogP contribution >= 0.6 is 0 Å². The number of halogens is 2. The first-order valence-electron chi connectivity index (χ1n) is 4.25. The fraction of sp³-hybridized carbons (Fsp3) is 0.571. The second-order valence-corrected chi connectivity index (χ2v) is 3.15. The van der Waals surface area contributed by atoms with E-state index in [0.29, 0.717) is 0 Å². The maximum Gasteiger partial charge on any atom is 0.406 e. The van der Waals surface area contributed by atoms with Gasteiger partial charge in [-0.15, -0.1) is 0 Å². The Kier molecular flexibility index (Phi) is 3.38. The lowest BCUT2D eigenvalue weighted by atomic mass is 10.3. The molecule has 16 heavy (non-hydrogen) atoms. The molecule has 2 N–H and O–H groups in total. The van der Waals surface area contributed by atoms with Gasteiger partial charge in [-0.3, -0.25) is 4.57 Å². The van der Waals surface area contributed by atoms with Crippen LogP contribution in [0.5, 0.6) is 0 Å². The van der Waals surface area contributed by atoms with E-state index in [1.165, 1.54) is 11.6 Å². The zero-order chi connectivity index (χ0) is 12.3. The van der Waals surface area contributed by atoms with Gasteiger partial charge in [-0.2, -0.15) is 0 Å². The zero-order valence-corrected chi connectivity index (χ0v) is 8.35. The van der Waals surface area contributed by atoms with Gasteiger partial charge in [-0.1, -0.05) is 0 Å². The van der Waals surface area contributed by atoms with Crippen molar-refractivity contribution in [3.63, 3.8) is 0 Å². The van der Waals surface area contributed by atoms with E-state index in [1.54, 1.807) is 0 Å². The fourth-order valence-electron chi connectivity index (χ4n) is 1.02. The second kappa shape index (κ2) is 4.39. The average molecular weight is 236 g/mol. The SMILES string of the molecule is Cn1cnc([N+](=O)[O-])c1NCC(F)(F)CO. The summed E-state index contributed by atoms with van der Waals surface area (Å²) < 4.78 is 26.6. The first-order chi connectivity index (χ1) is 7.37. The van der Waals surface area contributed by atoms with E-state index in [-0.39, 0.29) is 5.82 Å². The van der Waals surface area contributed by atoms with Crippen LogP contribution in [0.4, 0.5) is 20.4 Å². The lowest BCUT2D eigenvalue weighted by Gasteiger charge is -2.14. The van der Waals surface area contributed by atoms with Gasteiger partial charge in [0.1, 0.15) is 6.61 Å². The van der Waals surface area contributed by atoms with Gasteiger partial charge >= 0.3 is 5.82 Å². The summed E-state index contributed by atoms with van der Waals surface area (Å²) in [5.74, 6) is -3.99. The normalized spacial score (nSPS) is 11.5. The molecular formula is C7H10F2N4O3. The summed E-state index contributed by atoms with van der Waals surface area (Å²) in [5.41, 5.74) is 0. The summed E-state index contributed by atoms with van der Waals surface area (Å²) in [4.78, 5) is 13.1. The molecule has 1 aromatic heterocycles. The minimum atomic E-state index is -3.34. The molecule has 7 nitrogen and oxygen atoms in total. The highest BCUT2D eigenvalue weighted by Crippen LogP contribution is 2.22. The van der Waals surface area contributed by atoms with E-state index in [9.17, 15) is 18.9 Å². The molecule has 0 aliphatic rings. The molecule has 0 radical (unpaired) electrons. The number of nitro groups is 1. The number of aliphatic hydroxyl groups excluding tert-OH is 1. The number of rotatable bonds is 5. The van der Waals surface area contributed by atoms with Crippen molar-refractivity contribution in [1.82, 2.24) is 9.55 Å². The topological polar surface area (TPSA) is 93.2 Å². The van der Waals surface area contributed by atoms with Crippen LogP contribution in [0.25, 0.3) is 0 Å². The smallest absolute Gasteiger partial charge is 0.390 e. The van der Waals surface area contributed by atoms with Crippen LogP contribution in [-0.2, 0) is 7.05 Å². The molecule has 0 saturated heterocycles. The molecule has 0 atom stereocenters. The van der Waals surface area contributed by atoms with Gasteiger partial charge < -0.3 is 20.5 Å². The molecule has 90 valence electrons. The lowest BCUT2D eigenvalue weighted by Crippen LogP contribution is -2.31. The standard InChI is InChI=1S/C7H10F2N4O3/c1-12-4-11-6(13(15)16)5(12)10-2-7(8,9)3-14/h4,10,14H,2-3H2,1H3. The Morgan fingerprint density at radius 2 is 2.38 bits per heavy atom. The van der Waals surface area contributed by atoms with Crippen molar-refractivity contribution in [3.05, 3.63) is 16.4 Å². The van der Waals surface area contributed by atoms with Crippen LogP contribution < -0.4 is 5.32 Å². The maximum absolute atomic E-state index is 12.7. The molecule has 0 saturated carbocycles. The number of hydrogen-bond donors (Lipinski definition) is 2. The van der Waals surface area contributed by atoms with E-state index in [0.717, 1.165) is 6.33 Å². The number of hydrogen-bond acceptors (Lipinski definition) is 5. The minimum absolute atomic E-state index is 0.127. The van der Waals surface area contributed by atoms with Crippen LogP contribution in [0.15, 0.2) is 6.33 Å². The number of imidazole rings is 1. The average Bonchev–Trinajstić information content (AvgIpc) is 2.57. The van der Waals surface area contributed by atoms with E-state index in [2.05, 4.69) is 10.3 Å². The summed E-state index contributed by atoms with van der Waals surface area (Å²) in [6.45, 7) is -2.23. The number of nitrogens with one attached hydrogen (secondary N) is 1. The Bertz CT molecular complexity index is 393. The summed E-state index contributed by atoms with van der Waals surface area (Å²) in [6.07, 6.45) is 1.14. The van der Waals surface area contributed by atoms with Crippen molar-refractivity contribution in [2.45, 2.75) is 5.92 Å². The Hall–Kier alpha value is -1.77. The molecule has 0 aliphatic carbocycles. The first kappa shape index (κ1) is 12.3. The lowest BCUT2D eigenvalue weighted by molar-refractivity contribution is -0.388. The quantitative estimate of drug-likeness (QED) is 0.569. The molecule has 1 aromatic rings. The number of aliphatic hydroxyl groups is 1. The predicted molar refractivity (Wildman–Crippen MR) is 50.4 cm³/mol. The van der Waals surface area contributed by atoms with Crippen molar-refractivity contribution >= 4 is 11.6 Å². The number of aryl methyl sites for hydroxylation is 1. The Labute approximate surface area is 88.9 Å². The summed E-state index contributed by atoms with van der Waals surface area (Å²) >= 11 is 0. The molecule has 0 bridgehead atoms. The molecule has 0 fully saturated rings. The number of alkyl halides is 2. The molecule has 0 aliphatic heterocycles. The van der Waals surface area contributed by atoms with Gasteiger partial charge in [-0.25, -0.2) is 8.78 Å². The summed E-state index contributed by atoms with van der Waals surface area (Å²) in [7, 11) is 1.43. The molecule has 0 unspecified atom stereocenters. The number of aromatic nitrogens is 2. The van der Waals surface area contributed by atoms with Gasteiger partial charge in [0.25, 0.3) is 5.92 Å². The Morgan fingerprint density at radius 3 is 2.88 bits per heavy atom. The Morgan fingerprint density at radius 1 is 1.75 bits per heavy atom. The molecular weight excluding hydrogens is 226 g/mol. The number of nitrogens with zero attached hydrogens (tertiary/aromatic N) is 3. The van der Waals surface area contributed by atoms with Crippen molar-refractivity contribution in [3.8, 4) is 0 Å². The van der Waals surface area contributed by atoms with E-state index in [1.807, 2.05) is 0 Å². The fourth-order valence-corrected chi connectivity index (χ4v) is 1.02. The predicted octanol–water partition coefficient (Wildman–Crippen LogP) is 0.368. The van der Waals surface area contributed by atoms with Crippen LogP contribution in [-0.4, -0.2) is 38.7 Å². The van der Waals surface area contributed by atoms with Crippen molar-refractivity contribution in [2.75, 3.05) is 18.5 Å². The second-order valence-electron chi connectivity index (χ2n) is 3.15. The monoisotopic (exact) mass is 236 g/mol. The largest absolute Gasteiger partial charge is 0.406 e. The van der Waals surface area contributed by atoms with Crippen molar-refractivity contribution in [1.29, 1.82) is 0 Å². The highest BCUT2D eigenvalue weighted by atomic mass is 19.3. The van der Waals surface area contributed by atoms with Gasteiger partial charge in [0, 0.05) is 7.05 Å². The van der Waals surface area contributed by atoms with E-state index < -0.39 is 29.8 Å². The summed E-state index contributed by atoms with van der Waals surface area (Å²) in [6, 6.07) is 0. The van der Waals surface area contributed by atoms with Gasteiger partial charge in [0.2, 0.25) is 12.1 Å². The van der Waals surface area contributed by atoms with Gasteiger partial charge in [0.05, 0.1) is 6.54 Å². The third-order valence-electron chi connectivity index (χ3n) is 1.84. The van der Waals surface area contributed by atoms with Crippen LogP contribution in [0.1, 0.15) is 0 Å². The third-order valence-corrected chi connectivity index (χ3v) is 1.84. The third kappa shape index (κ3) is 2.63. The maximum atomic E-state index is 12.7. The molecule has 0 spiro atoms. The number of anilines is 1. The Balaban J connectivity index is 2.81. The van der Waals surface area contributed by atoms with Gasteiger partial charge in [-0.05, 0) is 9.91 Å².